The maximum atomic E-state index is 12.3. The minimum atomic E-state index is -0.00276. The maximum absolute atomic E-state index is 12.3. The van der Waals surface area contributed by atoms with E-state index in [2.05, 4.69) is 36.5 Å². The number of anilines is 2. The van der Waals surface area contributed by atoms with Crippen LogP contribution in [0.4, 0.5) is 11.8 Å². The molecule has 1 aliphatic rings. The summed E-state index contributed by atoms with van der Waals surface area (Å²) in [5.74, 6) is 2.16. The molecule has 2 N–H and O–H groups in total. The second-order valence-corrected chi connectivity index (χ2v) is 8.59. The molecule has 1 aromatic carbocycles. The Morgan fingerprint density at radius 1 is 1.18 bits per heavy atom. The van der Waals surface area contributed by atoms with Crippen molar-refractivity contribution >= 4 is 33.6 Å². The molecule has 1 heterocycles. The van der Waals surface area contributed by atoms with Crippen molar-refractivity contribution in [3.05, 3.63) is 46.1 Å². The van der Waals surface area contributed by atoms with Gasteiger partial charge in [0.2, 0.25) is 5.95 Å². The van der Waals surface area contributed by atoms with Crippen LogP contribution in [0.1, 0.15) is 41.6 Å². The van der Waals surface area contributed by atoms with E-state index in [0.717, 1.165) is 48.1 Å². The highest BCUT2D eigenvalue weighted by Gasteiger charge is 2.22. The molecule has 1 fully saturated rings. The summed E-state index contributed by atoms with van der Waals surface area (Å²) in [4.78, 5) is 23.3. The Hall–Kier alpha value is -2.15. The molecule has 0 bridgehead atoms. The third-order valence-corrected chi connectivity index (χ3v) is 5.73. The van der Waals surface area contributed by atoms with E-state index in [4.69, 9.17) is 0 Å². The second-order valence-electron chi connectivity index (χ2n) is 7.67. The average molecular weight is 446 g/mol. The summed E-state index contributed by atoms with van der Waals surface area (Å²) >= 11 is 3.39. The molecule has 7 heteroatoms. The van der Waals surface area contributed by atoms with Crippen molar-refractivity contribution in [1.29, 1.82) is 0 Å². The van der Waals surface area contributed by atoms with E-state index in [1.54, 1.807) is 0 Å². The smallest absolute Gasteiger partial charge is 0.251 e. The average Bonchev–Trinajstić information content (AvgIpc) is 2.69. The van der Waals surface area contributed by atoms with Crippen LogP contribution in [0, 0.1) is 12.8 Å². The van der Waals surface area contributed by atoms with Gasteiger partial charge in [-0.05, 0) is 62.8 Å². The number of halogens is 1. The third-order valence-electron chi connectivity index (χ3n) is 5.21. The predicted molar refractivity (Wildman–Crippen MR) is 117 cm³/mol. The molecule has 0 spiro atoms. The Balaban J connectivity index is 1.45. The van der Waals surface area contributed by atoms with Crippen LogP contribution in [0.3, 0.4) is 0 Å². The quantitative estimate of drug-likeness (QED) is 0.702. The zero-order chi connectivity index (χ0) is 20.1. The number of hydrogen-bond donors (Lipinski definition) is 2. The van der Waals surface area contributed by atoms with E-state index < -0.39 is 0 Å². The largest absolute Gasteiger partial charge is 0.362 e. The molecule has 0 unspecified atom stereocenters. The zero-order valence-corrected chi connectivity index (χ0v) is 18.3. The van der Waals surface area contributed by atoms with Crippen LogP contribution >= 0.6 is 15.9 Å². The number of carbonyl (C=O) groups is 1. The van der Waals surface area contributed by atoms with Gasteiger partial charge in [-0.2, -0.15) is 4.98 Å². The van der Waals surface area contributed by atoms with Gasteiger partial charge < -0.3 is 15.5 Å². The first-order valence-corrected chi connectivity index (χ1v) is 10.5. The van der Waals surface area contributed by atoms with Crippen LogP contribution in [0.15, 0.2) is 34.9 Å². The number of aryl methyl sites for hydroxylation is 1. The summed E-state index contributed by atoms with van der Waals surface area (Å²) in [6.45, 7) is 2.75. The van der Waals surface area contributed by atoms with Gasteiger partial charge in [-0.1, -0.05) is 15.9 Å². The van der Waals surface area contributed by atoms with Gasteiger partial charge in [0.05, 0.1) is 0 Å². The summed E-state index contributed by atoms with van der Waals surface area (Å²) < 4.78 is 0.977. The van der Waals surface area contributed by atoms with Gasteiger partial charge in [-0.15, -0.1) is 0 Å². The summed E-state index contributed by atoms with van der Waals surface area (Å²) in [7, 11) is 3.99. The van der Waals surface area contributed by atoms with Crippen molar-refractivity contribution in [2.45, 2.75) is 38.6 Å². The van der Waals surface area contributed by atoms with Gasteiger partial charge in [0.15, 0.2) is 0 Å². The van der Waals surface area contributed by atoms with Gasteiger partial charge in [0.25, 0.3) is 5.91 Å². The van der Waals surface area contributed by atoms with E-state index in [0.29, 0.717) is 23.5 Å². The fourth-order valence-electron chi connectivity index (χ4n) is 3.59. The van der Waals surface area contributed by atoms with Crippen molar-refractivity contribution in [1.82, 2.24) is 15.3 Å². The Bertz CT molecular complexity index is 801. The van der Waals surface area contributed by atoms with E-state index in [9.17, 15) is 4.79 Å². The van der Waals surface area contributed by atoms with E-state index in [1.165, 1.54) is 0 Å². The Labute approximate surface area is 175 Å². The topological polar surface area (TPSA) is 70.1 Å². The number of carbonyl (C=O) groups excluding carboxylic acids is 1. The SMILES string of the molecule is Cc1cnc(N[C@H]2CC[C@@H](CNC(=O)c3ccc(Br)cc3)CC2)nc1N(C)C. The summed E-state index contributed by atoms with van der Waals surface area (Å²) in [6.07, 6.45) is 6.17. The summed E-state index contributed by atoms with van der Waals surface area (Å²) in [6, 6.07) is 7.84. The summed E-state index contributed by atoms with van der Waals surface area (Å²) in [5.41, 5.74) is 1.77. The second kappa shape index (κ2) is 9.37. The third kappa shape index (κ3) is 5.44. The number of benzene rings is 1. The fourth-order valence-corrected chi connectivity index (χ4v) is 3.85. The van der Waals surface area contributed by atoms with Crippen LogP contribution in [-0.4, -0.2) is 42.6 Å². The molecule has 1 saturated carbocycles. The highest BCUT2D eigenvalue weighted by Crippen LogP contribution is 2.26. The van der Waals surface area contributed by atoms with Crippen LogP contribution < -0.4 is 15.5 Å². The molecule has 28 heavy (non-hydrogen) atoms. The molecule has 1 amide bonds. The molecule has 1 aromatic heterocycles. The molecule has 0 atom stereocenters. The van der Waals surface area contributed by atoms with Crippen molar-refractivity contribution in [3.63, 3.8) is 0 Å². The van der Waals surface area contributed by atoms with Crippen LogP contribution in [0.5, 0.6) is 0 Å². The highest BCUT2D eigenvalue weighted by atomic mass is 79.9. The maximum Gasteiger partial charge on any atom is 0.251 e. The molecule has 3 rings (SSSR count). The minimum absolute atomic E-state index is 0.00276. The molecule has 1 aliphatic carbocycles. The van der Waals surface area contributed by atoms with Crippen molar-refractivity contribution in [2.75, 3.05) is 30.9 Å². The van der Waals surface area contributed by atoms with Crippen molar-refractivity contribution in [2.24, 2.45) is 5.92 Å². The number of nitrogens with zero attached hydrogens (tertiary/aromatic N) is 3. The molecule has 6 nitrogen and oxygen atoms in total. The first kappa shape index (κ1) is 20.6. The van der Waals surface area contributed by atoms with Gasteiger partial charge in [0, 0.05) is 48.5 Å². The van der Waals surface area contributed by atoms with E-state index in [-0.39, 0.29) is 5.91 Å². The monoisotopic (exact) mass is 445 g/mol. The Kier molecular flexibility index (Phi) is 6.88. The molecular formula is C21H28BrN5O. The standard InChI is InChI=1S/C21H28BrN5O/c1-14-12-24-21(26-19(14)27(2)3)25-18-10-4-15(5-11-18)13-23-20(28)16-6-8-17(22)9-7-16/h6-9,12,15,18H,4-5,10-11,13H2,1-3H3,(H,23,28)(H,24,25,26)/t15-,18+. The van der Waals surface area contributed by atoms with E-state index >= 15 is 0 Å². The van der Waals surface area contributed by atoms with Crippen LogP contribution in [0.25, 0.3) is 0 Å². The lowest BCUT2D eigenvalue weighted by Crippen LogP contribution is -2.34. The number of hydrogen-bond acceptors (Lipinski definition) is 5. The first-order chi connectivity index (χ1) is 13.4. The van der Waals surface area contributed by atoms with Gasteiger partial charge in [0.1, 0.15) is 5.82 Å². The number of aromatic nitrogens is 2. The Morgan fingerprint density at radius 3 is 2.50 bits per heavy atom. The van der Waals surface area contributed by atoms with Crippen molar-refractivity contribution in [3.8, 4) is 0 Å². The molecule has 0 radical (unpaired) electrons. The number of nitrogens with one attached hydrogen (secondary N) is 2. The molecule has 0 saturated heterocycles. The van der Waals surface area contributed by atoms with Gasteiger partial charge >= 0.3 is 0 Å². The normalized spacial score (nSPS) is 19.1. The van der Waals surface area contributed by atoms with Crippen molar-refractivity contribution < 1.29 is 4.79 Å². The Morgan fingerprint density at radius 2 is 1.86 bits per heavy atom. The lowest BCUT2D eigenvalue weighted by Gasteiger charge is -2.29. The first-order valence-electron chi connectivity index (χ1n) is 9.73. The number of amides is 1. The van der Waals surface area contributed by atoms with Crippen LogP contribution in [0.2, 0.25) is 0 Å². The lowest BCUT2D eigenvalue weighted by molar-refractivity contribution is 0.0943. The summed E-state index contributed by atoms with van der Waals surface area (Å²) in [5, 5.41) is 6.55. The highest BCUT2D eigenvalue weighted by molar-refractivity contribution is 9.10. The minimum Gasteiger partial charge on any atom is -0.362 e. The van der Waals surface area contributed by atoms with Crippen LogP contribution in [-0.2, 0) is 0 Å². The lowest BCUT2D eigenvalue weighted by atomic mass is 9.86. The molecule has 150 valence electrons. The molecule has 2 aromatic rings. The zero-order valence-electron chi connectivity index (χ0n) is 16.7. The molecular weight excluding hydrogens is 418 g/mol. The predicted octanol–water partition coefficient (Wildman–Crippen LogP) is 4.01. The van der Waals surface area contributed by atoms with Gasteiger partial charge in [-0.25, -0.2) is 4.98 Å². The number of rotatable bonds is 6. The molecule has 0 aliphatic heterocycles. The fraction of sp³-hybridized carbons (Fsp3) is 0.476. The van der Waals surface area contributed by atoms with Gasteiger partial charge in [-0.3, -0.25) is 4.79 Å². The van der Waals surface area contributed by atoms with E-state index in [1.807, 2.05) is 56.4 Å².